The van der Waals surface area contributed by atoms with Gasteiger partial charge in [-0.1, -0.05) is 0 Å². The Morgan fingerprint density at radius 2 is 1.93 bits per heavy atom. The molecule has 0 aliphatic carbocycles. The van der Waals surface area contributed by atoms with Crippen molar-refractivity contribution < 1.29 is 22.3 Å². The summed E-state index contributed by atoms with van der Waals surface area (Å²) in [5.74, 6) is 1.59. The fourth-order valence-corrected chi connectivity index (χ4v) is 4.27. The first-order chi connectivity index (χ1) is 13.4. The van der Waals surface area contributed by atoms with Gasteiger partial charge in [-0.2, -0.15) is 5.10 Å². The lowest BCUT2D eigenvalue weighted by Crippen LogP contribution is -2.32. The molecule has 8 nitrogen and oxygen atoms in total. The average Bonchev–Trinajstić information content (AvgIpc) is 3.32. The summed E-state index contributed by atoms with van der Waals surface area (Å²) in [5.41, 5.74) is 1.76. The quantitative estimate of drug-likeness (QED) is 0.679. The van der Waals surface area contributed by atoms with Crippen molar-refractivity contribution in [3.8, 4) is 11.5 Å². The van der Waals surface area contributed by atoms with Crippen molar-refractivity contribution in [3.63, 3.8) is 0 Å². The number of fused-ring (bicyclic) bond motifs is 1. The molecule has 1 N–H and O–H groups in total. The smallest absolute Gasteiger partial charge is 0.240 e. The third-order valence-electron chi connectivity index (χ3n) is 4.50. The Morgan fingerprint density at radius 3 is 2.61 bits per heavy atom. The number of aryl methyl sites for hydroxylation is 2. The van der Waals surface area contributed by atoms with Gasteiger partial charge in [-0.15, -0.1) is 0 Å². The van der Waals surface area contributed by atoms with E-state index in [1.165, 1.54) is 12.1 Å². The molecule has 1 atom stereocenters. The van der Waals surface area contributed by atoms with E-state index >= 15 is 0 Å². The Morgan fingerprint density at radius 1 is 1.14 bits per heavy atom. The number of rotatable bonds is 6. The van der Waals surface area contributed by atoms with Crippen molar-refractivity contribution in [2.24, 2.45) is 0 Å². The van der Waals surface area contributed by atoms with Gasteiger partial charge in [-0.25, -0.2) is 13.1 Å². The predicted octanol–water partition coefficient (Wildman–Crippen LogP) is 2.43. The molecule has 2 aromatic heterocycles. The van der Waals surface area contributed by atoms with Gasteiger partial charge in [0.05, 0.1) is 16.9 Å². The maximum absolute atomic E-state index is 12.8. The number of aromatic nitrogens is 2. The summed E-state index contributed by atoms with van der Waals surface area (Å²) in [7, 11) is -3.76. The third kappa shape index (κ3) is 3.63. The summed E-state index contributed by atoms with van der Waals surface area (Å²) >= 11 is 0. The number of hydrogen-bond acceptors (Lipinski definition) is 6. The van der Waals surface area contributed by atoms with Crippen LogP contribution in [0.2, 0.25) is 0 Å². The summed E-state index contributed by atoms with van der Waals surface area (Å²) in [6, 6.07) is 9.68. The predicted molar refractivity (Wildman–Crippen MR) is 101 cm³/mol. The van der Waals surface area contributed by atoms with Crippen LogP contribution in [0.3, 0.4) is 0 Å². The summed E-state index contributed by atoms with van der Waals surface area (Å²) < 4.78 is 46.6. The van der Waals surface area contributed by atoms with Gasteiger partial charge in [0.2, 0.25) is 10.0 Å². The minimum atomic E-state index is -3.76. The van der Waals surface area contributed by atoms with Crippen molar-refractivity contribution in [1.82, 2.24) is 14.5 Å². The molecule has 0 bridgehead atoms. The van der Waals surface area contributed by atoms with E-state index in [-0.39, 0.29) is 11.4 Å². The Kier molecular flexibility index (Phi) is 4.86. The molecule has 1 aromatic carbocycles. The highest BCUT2D eigenvalue weighted by Gasteiger charge is 2.24. The summed E-state index contributed by atoms with van der Waals surface area (Å²) in [6.07, 6.45) is 1.56. The van der Waals surface area contributed by atoms with Crippen LogP contribution in [0.4, 0.5) is 0 Å². The van der Waals surface area contributed by atoms with E-state index in [1.807, 2.05) is 19.9 Å². The van der Waals surface area contributed by atoms with Crippen molar-refractivity contribution in [3.05, 3.63) is 59.8 Å². The number of ether oxygens (including phenoxy) is 2. The standard InChI is InChI=1S/C19H21N3O5S/c1-13-10-14(2)22(21-13)16(17-4-3-7-25-17)12-20-28(23,24)15-5-6-18-19(11-15)27-9-8-26-18/h3-7,10-11,16,20H,8-9,12H2,1-2H3. The monoisotopic (exact) mass is 403 g/mol. The van der Waals surface area contributed by atoms with E-state index in [2.05, 4.69) is 9.82 Å². The van der Waals surface area contributed by atoms with Crippen molar-refractivity contribution in [1.29, 1.82) is 0 Å². The van der Waals surface area contributed by atoms with Crippen LogP contribution < -0.4 is 14.2 Å². The number of benzene rings is 1. The molecule has 0 radical (unpaired) electrons. The van der Waals surface area contributed by atoms with Crippen LogP contribution in [0.15, 0.2) is 52.0 Å². The Bertz CT molecular complexity index is 1070. The molecule has 1 aliphatic heterocycles. The van der Waals surface area contributed by atoms with Crippen LogP contribution in [-0.2, 0) is 10.0 Å². The highest BCUT2D eigenvalue weighted by molar-refractivity contribution is 7.89. The first kappa shape index (κ1) is 18.6. The summed E-state index contributed by atoms with van der Waals surface area (Å²) in [5, 5.41) is 4.48. The molecule has 0 amide bonds. The Hall–Kier alpha value is -2.78. The van der Waals surface area contributed by atoms with Crippen LogP contribution in [0.5, 0.6) is 11.5 Å². The molecule has 0 saturated heterocycles. The SMILES string of the molecule is Cc1cc(C)n(C(CNS(=O)(=O)c2ccc3c(c2)OCCO3)c2ccco2)n1. The minimum Gasteiger partial charge on any atom is -0.486 e. The molecular formula is C19H21N3O5S. The normalized spacial score (nSPS) is 14.8. The number of nitrogens with one attached hydrogen (secondary N) is 1. The first-order valence-corrected chi connectivity index (χ1v) is 10.4. The van der Waals surface area contributed by atoms with E-state index in [9.17, 15) is 8.42 Å². The maximum atomic E-state index is 12.8. The van der Waals surface area contributed by atoms with Crippen LogP contribution in [0.1, 0.15) is 23.2 Å². The fraction of sp³-hybridized carbons (Fsp3) is 0.316. The topological polar surface area (TPSA) is 95.6 Å². The molecule has 0 spiro atoms. The Balaban J connectivity index is 1.59. The summed E-state index contributed by atoms with van der Waals surface area (Å²) in [6.45, 7) is 4.74. The van der Waals surface area contributed by atoms with E-state index in [0.29, 0.717) is 30.5 Å². The molecule has 1 aliphatic rings. The molecule has 9 heteroatoms. The van der Waals surface area contributed by atoms with Gasteiger partial charge in [0, 0.05) is 18.3 Å². The van der Waals surface area contributed by atoms with Crippen molar-refractivity contribution >= 4 is 10.0 Å². The number of furan rings is 1. The zero-order chi connectivity index (χ0) is 19.7. The molecule has 0 fully saturated rings. The molecular weight excluding hydrogens is 382 g/mol. The third-order valence-corrected chi connectivity index (χ3v) is 5.92. The molecule has 148 valence electrons. The van der Waals surface area contributed by atoms with E-state index in [4.69, 9.17) is 13.9 Å². The van der Waals surface area contributed by atoms with Gasteiger partial charge in [0.25, 0.3) is 0 Å². The number of sulfonamides is 1. The zero-order valence-corrected chi connectivity index (χ0v) is 16.4. The number of nitrogens with zero attached hydrogens (tertiary/aromatic N) is 2. The largest absolute Gasteiger partial charge is 0.486 e. The van der Waals surface area contributed by atoms with Gasteiger partial charge in [0.1, 0.15) is 25.0 Å². The lowest BCUT2D eigenvalue weighted by molar-refractivity contribution is 0.171. The highest BCUT2D eigenvalue weighted by atomic mass is 32.2. The van der Waals surface area contributed by atoms with E-state index in [0.717, 1.165) is 11.4 Å². The molecule has 4 rings (SSSR count). The summed E-state index contributed by atoms with van der Waals surface area (Å²) in [4.78, 5) is 0.114. The van der Waals surface area contributed by atoms with Gasteiger partial charge < -0.3 is 13.9 Å². The lowest BCUT2D eigenvalue weighted by Gasteiger charge is -2.20. The molecule has 28 heavy (non-hydrogen) atoms. The van der Waals surface area contributed by atoms with Crippen LogP contribution in [0, 0.1) is 13.8 Å². The fourth-order valence-electron chi connectivity index (χ4n) is 3.21. The van der Waals surface area contributed by atoms with E-state index < -0.39 is 16.1 Å². The average molecular weight is 403 g/mol. The zero-order valence-electron chi connectivity index (χ0n) is 15.6. The molecule has 3 aromatic rings. The van der Waals surface area contributed by atoms with Crippen LogP contribution in [0.25, 0.3) is 0 Å². The van der Waals surface area contributed by atoms with Gasteiger partial charge in [0.15, 0.2) is 11.5 Å². The van der Waals surface area contributed by atoms with E-state index in [1.54, 1.807) is 29.1 Å². The molecule has 0 saturated carbocycles. The second-order valence-corrected chi connectivity index (χ2v) is 8.33. The second-order valence-electron chi connectivity index (χ2n) is 6.56. The highest BCUT2D eigenvalue weighted by Crippen LogP contribution is 2.32. The Labute approximate surface area is 163 Å². The minimum absolute atomic E-state index is 0.0895. The molecule has 1 unspecified atom stereocenters. The number of hydrogen-bond donors (Lipinski definition) is 1. The van der Waals surface area contributed by atoms with Crippen molar-refractivity contribution in [2.45, 2.75) is 24.8 Å². The van der Waals surface area contributed by atoms with Gasteiger partial charge in [-0.3, -0.25) is 4.68 Å². The maximum Gasteiger partial charge on any atom is 0.240 e. The first-order valence-electron chi connectivity index (χ1n) is 8.89. The van der Waals surface area contributed by atoms with Gasteiger partial charge in [-0.05, 0) is 44.2 Å². The van der Waals surface area contributed by atoms with Crippen LogP contribution in [-0.4, -0.2) is 38.0 Å². The van der Waals surface area contributed by atoms with Gasteiger partial charge >= 0.3 is 0 Å². The van der Waals surface area contributed by atoms with Crippen LogP contribution >= 0.6 is 0 Å². The second kappa shape index (κ2) is 7.33. The van der Waals surface area contributed by atoms with Crippen molar-refractivity contribution in [2.75, 3.05) is 19.8 Å². The molecule has 3 heterocycles. The lowest BCUT2D eigenvalue weighted by atomic mass is 10.2.